The summed E-state index contributed by atoms with van der Waals surface area (Å²) >= 11 is 3.31. The van der Waals surface area contributed by atoms with Crippen LogP contribution in [0.4, 0.5) is 4.39 Å². The lowest BCUT2D eigenvalue weighted by Crippen LogP contribution is -2.17. The molecule has 1 N–H and O–H groups in total. The van der Waals surface area contributed by atoms with Crippen LogP contribution in [0.2, 0.25) is 0 Å². The van der Waals surface area contributed by atoms with Gasteiger partial charge in [-0.3, -0.25) is 4.57 Å². The molecule has 0 amide bonds. The molecule has 4 nitrogen and oxygen atoms in total. The number of hydrogen-bond donors (Lipinski definition) is 1. The Bertz CT molecular complexity index is 852. The molecule has 1 heterocycles. The van der Waals surface area contributed by atoms with Gasteiger partial charge in [0.15, 0.2) is 0 Å². The Morgan fingerprint density at radius 2 is 2.00 bits per heavy atom. The van der Waals surface area contributed by atoms with Crippen LogP contribution in [0.15, 0.2) is 45.7 Å². The first-order valence-corrected chi connectivity index (χ1v) is 7.08. The zero-order valence-corrected chi connectivity index (χ0v) is 12.8. The van der Waals surface area contributed by atoms with E-state index in [0.717, 1.165) is 11.3 Å². The molecule has 0 saturated carbocycles. The lowest BCUT2D eigenvalue weighted by atomic mass is 10.2. The summed E-state index contributed by atoms with van der Waals surface area (Å²) in [5.41, 5.74) is 1.81. The summed E-state index contributed by atoms with van der Waals surface area (Å²) in [4.78, 5) is 14.7. The molecular weight excluding hydrogens is 339 g/mol. The molecule has 3 rings (SSSR count). The van der Waals surface area contributed by atoms with Crippen molar-refractivity contribution in [1.29, 1.82) is 0 Å². The summed E-state index contributed by atoms with van der Waals surface area (Å²) in [6.07, 6.45) is 0. The molecule has 0 spiro atoms. The van der Waals surface area contributed by atoms with Gasteiger partial charge in [0.2, 0.25) is 0 Å². The highest BCUT2D eigenvalue weighted by Gasteiger charge is 2.12. The maximum Gasteiger partial charge on any atom is 0.326 e. The van der Waals surface area contributed by atoms with Gasteiger partial charge in [0, 0.05) is 4.47 Å². The fourth-order valence-electron chi connectivity index (χ4n) is 2.28. The average Bonchev–Trinajstić information content (AvgIpc) is 2.76. The van der Waals surface area contributed by atoms with E-state index in [1.165, 1.54) is 12.1 Å². The van der Waals surface area contributed by atoms with Gasteiger partial charge in [-0.15, -0.1) is 0 Å². The zero-order chi connectivity index (χ0) is 15.0. The van der Waals surface area contributed by atoms with Crippen LogP contribution in [0.3, 0.4) is 0 Å². The Balaban J connectivity index is 2.07. The molecular formula is C15H12BrFN2O2. The van der Waals surface area contributed by atoms with E-state index in [0.29, 0.717) is 22.1 Å². The summed E-state index contributed by atoms with van der Waals surface area (Å²) < 4.78 is 20.6. The van der Waals surface area contributed by atoms with Crippen LogP contribution in [-0.4, -0.2) is 16.7 Å². The molecule has 0 saturated heterocycles. The van der Waals surface area contributed by atoms with E-state index in [4.69, 9.17) is 4.74 Å². The van der Waals surface area contributed by atoms with Gasteiger partial charge in [0.05, 0.1) is 24.7 Å². The standard InChI is InChI=1S/C15H12BrFN2O2/c1-21-11-4-2-9(3-5-11)8-19-14-12(16)6-10(17)7-13(14)18-15(19)20/h2-7H,8H2,1H3,(H,18,20). The smallest absolute Gasteiger partial charge is 0.326 e. The van der Waals surface area contributed by atoms with Crippen LogP contribution in [-0.2, 0) is 6.54 Å². The molecule has 6 heteroatoms. The van der Waals surface area contributed by atoms with Gasteiger partial charge < -0.3 is 9.72 Å². The minimum Gasteiger partial charge on any atom is -0.497 e. The Morgan fingerprint density at radius 3 is 2.67 bits per heavy atom. The third-order valence-electron chi connectivity index (χ3n) is 3.28. The molecule has 0 unspecified atom stereocenters. The first kappa shape index (κ1) is 13.9. The third kappa shape index (κ3) is 2.58. The molecule has 1 aromatic heterocycles. The summed E-state index contributed by atoms with van der Waals surface area (Å²) in [6.45, 7) is 0.396. The van der Waals surface area contributed by atoms with Crippen LogP contribution in [0.5, 0.6) is 5.75 Å². The lowest BCUT2D eigenvalue weighted by molar-refractivity contribution is 0.414. The van der Waals surface area contributed by atoms with E-state index in [1.807, 2.05) is 24.3 Å². The second-order valence-corrected chi connectivity index (χ2v) is 5.50. The molecule has 0 aliphatic heterocycles. The number of benzene rings is 2. The highest BCUT2D eigenvalue weighted by molar-refractivity contribution is 9.10. The molecule has 0 atom stereocenters. The van der Waals surface area contributed by atoms with Crippen LogP contribution in [0, 0.1) is 5.82 Å². The Morgan fingerprint density at radius 1 is 1.29 bits per heavy atom. The summed E-state index contributed by atoms with van der Waals surface area (Å²) in [5.74, 6) is 0.362. The van der Waals surface area contributed by atoms with Crippen molar-refractivity contribution in [3.8, 4) is 5.75 Å². The van der Waals surface area contributed by atoms with Crippen molar-refractivity contribution < 1.29 is 9.13 Å². The Hall–Kier alpha value is -2.08. The molecule has 108 valence electrons. The maximum atomic E-state index is 13.4. The Kier molecular flexibility index (Phi) is 3.55. The minimum atomic E-state index is -0.396. The number of aromatic amines is 1. The second-order valence-electron chi connectivity index (χ2n) is 4.65. The highest BCUT2D eigenvalue weighted by Crippen LogP contribution is 2.24. The molecule has 0 bridgehead atoms. The summed E-state index contributed by atoms with van der Waals surface area (Å²) in [6, 6.07) is 10.1. The first-order chi connectivity index (χ1) is 10.1. The van der Waals surface area contributed by atoms with Gasteiger partial charge in [0.1, 0.15) is 11.6 Å². The van der Waals surface area contributed by atoms with Crippen LogP contribution in [0.1, 0.15) is 5.56 Å². The highest BCUT2D eigenvalue weighted by atomic mass is 79.9. The molecule has 0 fully saturated rings. The number of aromatic nitrogens is 2. The Labute approximate surface area is 128 Å². The monoisotopic (exact) mass is 350 g/mol. The number of nitrogens with one attached hydrogen (secondary N) is 1. The van der Waals surface area contributed by atoms with Gasteiger partial charge >= 0.3 is 5.69 Å². The van der Waals surface area contributed by atoms with E-state index in [1.54, 1.807) is 11.7 Å². The van der Waals surface area contributed by atoms with Gasteiger partial charge in [-0.2, -0.15) is 0 Å². The van der Waals surface area contributed by atoms with Gasteiger partial charge in [0.25, 0.3) is 0 Å². The number of nitrogens with zero attached hydrogens (tertiary/aromatic N) is 1. The van der Waals surface area contributed by atoms with Gasteiger partial charge in [-0.25, -0.2) is 9.18 Å². The van der Waals surface area contributed by atoms with Crippen molar-refractivity contribution in [3.05, 3.63) is 62.7 Å². The molecule has 21 heavy (non-hydrogen) atoms. The number of methoxy groups -OCH3 is 1. The molecule has 2 aromatic carbocycles. The van der Waals surface area contributed by atoms with Gasteiger partial charge in [-0.1, -0.05) is 12.1 Å². The van der Waals surface area contributed by atoms with Crippen molar-refractivity contribution in [1.82, 2.24) is 9.55 Å². The van der Waals surface area contributed by atoms with Crippen LogP contribution < -0.4 is 10.4 Å². The normalized spacial score (nSPS) is 11.0. The summed E-state index contributed by atoms with van der Waals surface area (Å²) in [5, 5.41) is 0. The largest absolute Gasteiger partial charge is 0.497 e. The average molecular weight is 351 g/mol. The number of ether oxygens (including phenoxy) is 1. The van der Waals surface area contributed by atoms with Crippen molar-refractivity contribution in [2.24, 2.45) is 0 Å². The minimum absolute atomic E-state index is 0.271. The van der Waals surface area contributed by atoms with E-state index in [2.05, 4.69) is 20.9 Å². The number of imidazole rings is 1. The zero-order valence-electron chi connectivity index (χ0n) is 11.2. The number of halogens is 2. The number of H-pyrrole nitrogens is 1. The number of fused-ring (bicyclic) bond motifs is 1. The lowest BCUT2D eigenvalue weighted by Gasteiger charge is -2.06. The van der Waals surface area contributed by atoms with Crippen molar-refractivity contribution >= 4 is 27.0 Å². The van der Waals surface area contributed by atoms with Crippen LogP contribution >= 0.6 is 15.9 Å². The molecule has 0 aliphatic carbocycles. The predicted octanol–water partition coefficient (Wildman–Crippen LogP) is 3.29. The maximum absolute atomic E-state index is 13.4. The fraction of sp³-hybridized carbons (Fsp3) is 0.133. The van der Waals surface area contributed by atoms with Crippen molar-refractivity contribution in [2.75, 3.05) is 7.11 Å². The SMILES string of the molecule is COc1ccc(Cn2c(=O)[nH]c3cc(F)cc(Br)c32)cc1. The van der Waals surface area contributed by atoms with Crippen LogP contribution in [0.25, 0.3) is 11.0 Å². The van der Waals surface area contributed by atoms with E-state index >= 15 is 0 Å². The molecule has 3 aromatic rings. The topological polar surface area (TPSA) is 47.0 Å². The first-order valence-electron chi connectivity index (χ1n) is 6.29. The summed E-state index contributed by atoms with van der Waals surface area (Å²) in [7, 11) is 1.60. The third-order valence-corrected chi connectivity index (χ3v) is 3.89. The predicted molar refractivity (Wildman–Crippen MR) is 82.3 cm³/mol. The van der Waals surface area contributed by atoms with E-state index < -0.39 is 5.82 Å². The van der Waals surface area contributed by atoms with Gasteiger partial charge in [-0.05, 0) is 45.8 Å². The van der Waals surface area contributed by atoms with Crippen molar-refractivity contribution in [3.63, 3.8) is 0 Å². The number of hydrogen-bond acceptors (Lipinski definition) is 2. The quantitative estimate of drug-likeness (QED) is 0.787. The fourth-order valence-corrected chi connectivity index (χ4v) is 2.93. The second kappa shape index (κ2) is 5.37. The number of rotatable bonds is 3. The van der Waals surface area contributed by atoms with E-state index in [9.17, 15) is 9.18 Å². The molecule has 0 radical (unpaired) electrons. The molecule has 0 aliphatic rings. The van der Waals surface area contributed by atoms with E-state index in [-0.39, 0.29) is 5.69 Å². The van der Waals surface area contributed by atoms with Crippen molar-refractivity contribution in [2.45, 2.75) is 6.54 Å².